The number of hydrogen-bond acceptors (Lipinski definition) is 0. The van der Waals surface area contributed by atoms with Crippen LogP contribution in [0.4, 0.5) is 0 Å². The molecule has 2 aliphatic rings. The van der Waals surface area contributed by atoms with Gasteiger partial charge in [0, 0.05) is 11.8 Å². The lowest BCUT2D eigenvalue weighted by Gasteiger charge is -2.35. The van der Waals surface area contributed by atoms with Crippen LogP contribution in [0.1, 0.15) is 25.7 Å². The summed E-state index contributed by atoms with van der Waals surface area (Å²) in [6.07, 6.45) is 18.3. The molecule has 0 aliphatic heterocycles. The minimum absolute atomic E-state index is 0.775. The quantitative estimate of drug-likeness (QED) is 0.407. The smallest absolute Gasteiger partial charge is 0.109 e. The Bertz CT molecular complexity index is 378. The summed E-state index contributed by atoms with van der Waals surface area (Å²) in [5, 5.41) is 3.38. The minimum Gasteiger partial charge on any atom is -0.127 e. The molecule has 0 radical (unpaired) electrons. The number of allylic oxidation sites excluding steroid dienone is 8. The van der Waals surface area contributed by atoms with Crippen molar-refractivity contribution in [2.24, 2.45) is 0 Å². The lowest BCUT2D eigenvalue weighted by atomic mass is 10.5. The molecule has 0 spiro atoms. The Morgan fingerprint density at radius 3 is 1.63 bits per heavy atom. The van der Waals surface area contributed by atoms with Crippen molar-refractivity contribution in [2.45, 2.75) is 37.8 Å². The van der Waals surface area contributed by atoms with Gasteiger partial charge in [0.05, 0.1) is 0 Å². The Labute approximate surface area is 127 Å². The molecule has 104 valence electrons. The molecule has 3 heteroatoms. The number of halogens is 2. The third-order valence-electron chi connectivity index (χ3n) is 4.25. The van der Waals surface area contributed by atoms with Gasteiger partial charge >= 0.3 is 0 Å². The van der Waals surface area contributed by atoms with Gasteiger partial charge in [-0.1, -0.05) is 46.8 Å². The standard InChI is InChI=1S/C16H22Cl2Si/c17-11-5-13-19(14-6-12-18,15-7-1-2-8-15)16-9-3-4-10-16/h1-4,7,9H,5-6,8,10-14H2. The van der Waals surface area contributed by atoms with Gasteiger partial charge < -0.3 is 0 Å². The van der Waals surface area contributed by atoms with E-state index in [2.05, 4.69) is 36.5 Å². The monoisotopic (exact) mass is 312 g/mol. The van der Waals surface area contributed by atoms with E-state index in [4.69, 9.17) is 23.2 Å². The molecule has 0 fully saturated rings. The molecule has 0 saturated carbocycles. The Morgan fingerprint density at radius 1 is 0.842 bits per heavy atom. The predicted octanol–water partition coefficient (Wildman–Crippen LogP) is 5.54. The average molecular weight is 313 g/mol. The second-order valence-corrected chi connectivity index (χ2v) is 10.5. The molecule has 0 aromatic rings. The summed E-state index contributed by atoms with van der Waals surface area (Å²) in [4.78, 5) is 0. The molecular formula is C16H22Cl2Si. The molecule has 0 saturated heterocycles. The van der Waals surface area contributed by atoms with E-state index < -0.39 is 8.07 Å². The predicted molar refractivity (Wildman–Crippen MR) is 89.7 cm³/mol. The van der Waals surface area contributed by atoms with Gasteiger partial charge in [-0.3, -0.25) is 0 Å². The highest BCUT2D eigenvalue weighted by Crippen LogP contribution is 2.41. The van der Waals surface area contributed by atoms with Crippen molar-refractivity contribution in [3.05, 3.63) is 46.8 Å². The van der Waals surface area contributed by atoms with Crippen LogP contribution in [0.3, 0.4) is 0 Å². The van der Waals surface area contributed by atoms with Crippen molar-refractivity contribution in [1.82, 2.24) is 0 Å². The second kappa shape index (κ2) is 7.52. The van der Waals surface area contributed by atoms with Crippen molar-refractivity contribution < 1.29 is 0 Å². The van der Waals surface area contributed by atoms with Crippen LogP contribution in [0.15, 0.2) is 46.8 Å². The van der Waals surface area contributed by atoms with E-state index in [0.29, 0.717) is 0 Å². The first-order chi connectivity index (χ1) is 9.33. The Kier molecular flexibility index (Phi) is 5.99. The maximum absolute atomic E-state index is 5.98. The largest absolute Gasteiger partial charge is 0.127 e. The van der Waals surface area contributed by atoms with Gasteiger partial charge in [0.1, 0.15) is 8.07 Å². The SMILES string of the molecule is ClCCC[Si](CCCCl)(C1=CC=CC1)C1=CC=CC1. The second-order valence-electron chi connectivity index (χ2n) is 5.32. The van der Waals surface area contributed by atoms with Gasteiger partial charge in [-0.05, 0) is 37.8 Å². The van der Waals surface area contributed by atoms with Gasteiger partial charge in [0.2, 0.25) is 0 Å². The van der Waals surface area contributed by atoms with E-state index in [0.717, 1.165) is 37.4 Å². The van der Waals surface area contributed by atoms with Crippen LogP contribution in [0.5, 0.6) is 0 Å². The van der Waals surface area contributed by atoms with Crippen LogP contribution in [0, 0.1) is 0 Å². The molecule has 19 heavy (non-hydrogen) atoms. The third kappa shape index (κ3) is 3.45. The fourth-order valence-electron chi connectivity index (χ4n) is 3.31. The molecule has 0 bridgehead atoms. The molecule has 0 nitrogen and oxygen atoms in total. The average Bonchev–Trinajstić information content (AvgIpc) is 3.12. The van der Waals surface area contributed by atoms with Gasteiger partial charge in [0.25, 0.3) is 0 Å². The highest BCUT2D eigenvalue weighted by Gasteiger charge is 2.39. The molecule has 0 amide bonds. The Balaban J connectivity index is 2.25. The highest BCUT2D eigenvalue weighted by molar-refractivity contribution is 6.93. The first kappa shape index (κ1) is 15.2. The highest BCUT2D eigenvalue weighted by atomic mass is 35.5. The summed E-state index contributed by atoms with van der Waals surface area (Å²) in [6, 6.07) is 2.57. The molecular weight excluding hydrogens is 291 g/mol. The van der Waals surface area contributed by atoms with E-state index >= 15 is 0 Å². The maximum atomic E-state index is 5.98. The van der Waals surface area contributed by atoms with Crippen molar-refractivity contribution in [1.29, 1.82) is 0 Å². The fourth-order valence-corrected chi connectivity index (χ4v) is 9.39. The molecule has 0 N–H and O–H groups in total. The van der Waals surface area contributed by atoms with Crippen molar-refractivity contribution >= 4 is 31.3 Å². The normalized spacial score (nSPS) is 18.0. The molecule has 2 rings (SSSR count). The molecule has 0 aromatic heterocycles. The van der Waals surface area contributed by atoms with Crippen molar-refractivity contribution in [3.63, 3.8) is 0 Å². The van der Waals surface area contributed by atoms with E-state index in [1.165, 1.54) is 12.1 Å². The van der Waals surface area contributed by atoms with Crippen LogP contribution < -0.4 is 0 Å². The van der Waals surface area contributed by atoms with Crippen LogP contribution in [-0.2, 0) is 0 Å². The summed E-state index contributed by atoms with van der Waals surface area (Å²) in [6.45, 7) is 0. The molecule has 0 unspecified atom stereocenters. The zero-order valence-electron chi connectivity index (χ0n) is 11.4. The van der Waals surface area contributed by atoms with Crippen LogP contribution >= 0.6 is 23.2 Å². The van der Waals surface area contributed by atoms with Crippen LogP contribution in [-0.4, -0.2) is 19.8 Å². The number of rotatable bonds is 8. The first-order valence-corrected chi connectivity index (χ1v) is 10.7. The molecule has 0 aromatic carbocycles. The number of hydrogen-bond donors (Lipinski definition) is 0. The van der Waals surface area contributed by atoms with E-state index in [-0.39, 0.29) is 0 Å². The van der Waals surface area contributed by atoms with Crippen LogP contribution in [0.2, 0.25) is 12.1 Å². The zero-order chi connectivity index (χ0) is 13.6. The lowest BCUT2D eigenvalue weighted by Crippen LogP contribution is -2.39. The number of alkyl halides is 2. The summed E-state index contributed by atoms with van der Waals surface area (Å²) in [5.74, 6) is 1.55. The van der Waals surface area contributed by atoms with Crippen molar-refractivity contribution in [2.75, 3.05) is 11.8 Å². The lowest BCUT2D eigenvalue weighted by molar-refractivity contribution is 0.979. The summed E-state index contributed by atoms with van der Waals surface area (Å²) < 4.78 is 0. The van der Waals surface area contributed by atoms with Crippen molar-refractivity contribution in [3.8, 4) is 0 Å². The van der Waals surface area contributed by atoms with E-state index in [1.54, 1.807) is 10.4 Å². The fraction of sp³-hybridized carbons (Fsp3) is 0.500. The molecule has 0 heterocycles. The molecule has 0 atom stereocenters. The minimum atomic E-state index is -1.54. The topological polar surface area (TPSA) is 0 Å². The van der Waals surface area contributed by atoms with E-state index in [9.17, 15) is 0 Å². The Hall–Kier alpha value is -0.243. The van der Waals surface area contributed by atoms with Gasteiger partial charge in [-0.15, -0.1) is 23.2 Å². The zero-order valence-corrected chi connectivity index (χ0v) is 13.9. The van der Waals surface area contributed by atoms with Crippen LogP contribution in [0.25, 0.3) is 0 Å². The maximum Gasteiger partial charge on any atom is 0.109 e. The van der Waals surface area contributed by atoms with Gasteiger partial charge in [-0.2, -0.15) is 0 Å². The summed E-state index contributed by atoms with van der Waals surface area (Å²) in [5.41, 5.74) is 0. The molecule has 2 aliphatic carbocycles. The third-order valence-corrected chi connectivity index (χ3v) is 10.4. The van der Waals surface area contributed by atoms with E-state index in [1.807, 2.05) is 0 Å². The summed E-state index contributed by atoms with van der Waals surface area (Å²) >= 11 is 12.0. The summed E-state index contributed by atoms with van der Waals surface area (Å²) in [7, 11) is -1.54. The van der Waals surface area contributed by atoms with Gasteiger partial charge in [-0.25, -0.2) is 0 Å². The Morgan fingerprint density at radius 2 is 1.32 bits per heavy atom. The van der Waals surface area contributed by atoms with Gasteiger partial charge in [0.15, 0.2) is 0 Å². The first-order valence-electron chi connectivity index (χ1n) is 7.18.